The minimum absolute atomic E-state index is 0.468. The van der Waals surface area contributed by atoms with E-state index in [9.17, 15) is 0 Å². The van der Waals surface area contributed by atoms with E-state index in [1.165, 1.54) is 176 Å². The van der Waals surface area contributed by atoms with Crippen LogP contribution in [0.15, 0.2) is 59.7 Å². The van der Waals surface area contributed by atoms with Crippen LogP contribution in [0.5, 0.6) is 0 Å². The van der Waals surface area contributed by atoms with Gasteiger partial charge in [-0.15, -0.1) is 0 Å². The lowest BCUT2D eigenvalue weighted by atomic mass is 9.52. The fourth-order valence-electron chi connectivity index (χ4n) is 23.9. The lowest BCUT2D eigenvalue weighted by Gasteiger charge is -2.53. The molecule has 1 heterocycles. The van der Waals surface area contributed by atoms with Crippen molar-refractivity contribution < 1.29 is 4.74 Å². The highest BCUT2D eigenvalue weighted by Crippen LogP contribution is 2.55. The molecule has 3 aromatic carbocycles. The maximum Gasteiger partial charge on any atom is 0.0579 e. The molecule has 1 heteroatoms. The quantitative estimate of drug-likeness (QED) is 0.174. The Morgan fingerprint density at radius 3 is 0.843 bits per heavy atom. The monoisotopic (exact) mass is 1760 g/mol. The van der Waals surface area contributed by atoms with E-state index in [1.807, 2.05) is 13.8 Å². The van der Waals surface area contributed by atoms with E-state index < -0.39 is 0 Å². The van der Waals surface area contributed by atoms with Crippen molar-refractivity contribution >= 4 is 0 Å². The summed E-state index contributed by atoms with van der Waals surface area (Å²) in [6.07, 6.45) is 34.2. The maximum absolute atomic E-state index is 5.59. The summed E-state index contributed by atoms with van der Waals surface area (Å²) in [5, 5.41) is 0. The number of aryl methyl sites for hydroxylation is 8. The van der Waals surface area contributed by atoms with Gasteiger partial charge in [-0.25, -0.2) is 0 Å². The average molecular weight is 1760 g/mol. The molecule has 0 aromatic heterocycles. The molecule has 0 amide bonds. The summed E-state index contributed by atoms with van der Waals surface area (Å²) < 4.78 is 5.59. The number of benzene rings is 3. The number of allylic oxidation sites excluding steroid dienone is 2. The van der Waals surface area contributed by atoms with Gasteiger partial charge in [0.05, 0.1) is 12.2 Å². The van der Waals surface area contributed by atoms with E-state index in [2.05, 4.69) is 360 Å². The summed E-state index contributed by atoms with van der Waals surface area (Å²) in [6.45, 7) is 109. The zero-order valence-corrected chi connectivity index (χ0v) is 95.2. The van der Waals surface area contributed by atoms with Gasteiger partial charge in [0, 0.05) is 0 Å². The highest BCUT2D eigenvalue weighted by atomic mass is 16.5. The van der Waals surface area contributed by atoms with Crippen molar-refractivity contribution in [3.63, 3.8) is 0 Å². The Morgan fingerprint density at radius 1 is 0.299 bits per heavy atom. The molecule has 2 bridgehead atoms. The Bertz CT molecular complexity index is 3020. The number of rotatable bonds is 11. The van der Waals surface area contributed by atoms with Crippen molar-refractivity contribution in [3.05, 3.63) is 115 Å². The predicted octanol–water partition coefficient (Wildman–Crippen LogP) is 40.4. The first-order chi connectivity index (χ1) is 59.5. The largest absolute Gasteiger partial charge is 0.375 e. The molecule has 29 atom stereocenters. The third-order valence-corrected chi connectivity index (χ3v) is 39.3. The minimum Gasteiger partial charge on any atom is -0.375 e. The van der Waals surface area contributed by atoms with Crippen LogP contribution in [0.4, 0.5) is 0 Å². The van der Waals surface area contributed by atoms with E-state index in [0.29, 0.717) is 12.2 Å². The first kappa shape index (κ1) is 122. The Labute approximate surface area is 801 Å². The van der Waals surface area contributed by atoms with Crippen molar-refractivity contribution in [2.75, 3.05) is 0 Å². The van der Waals surface area contributed by atoms with Crippen LogP contribution in [-0.4, -0.2) is 12.2 Å². The van der Waals surface area contributed by atoms with Crippen LogP contribution in [0.2, 0.25) is 0 Å². The smallest absolute Gasteiger partial charge is 0.0579 e. The summed E-state index contributed by atoms with van der Waals surface area (Å²) in [4.78, 5) is 0. The summed E-state index contributed by atoms with van der Waals surface area (Å²) in [6, 6.07) is 18.4. The Morgan fingerprint density at radius 2 is 0.598 bits per heavy atom. The molecule has 127 heavy (non-hydrogen) atoms. The van der Waals surface area contributed by atoms with Crippen LogP contribution in [0.3, 0.4) is 0 Å². The van der Waals surface area contributed by atoms with E-state index in [1.54, 1.807) is 44.5 Å². The molecular weight excluding hydrogens is 1530 g/mol. The molecule has 0 spiro atoms. The van der Waals surface area contributed by atoms with Crippen molar-refractivity contribution in [1.82, 2.24) is 0 Å². The van der Waals surface area contributed by atoms with Crippen molar-refractivity contribution in [1.29, 1.82) is 0 Å². The molecule has 11 aliphatic rings. The van der Waals surface area contributed by atoms with Crippen LogP contribution in [0.1, 0.15) is 494 Å². The fourth-order valence-corrected chi connectivity index (χ4v) is 23.9. The van der Waals surface area contributed by atoms with Gasteiger partial charge in [-0.1, -0.05) is 407 Å². The third kappa shape index (κ3) is 39.2. The van der Waals surface area contributed by atoms with Crippen LogP contribution in [0, 0.1) is 211 Å². The lowest BCUT2D eigenvalue weighted by molar-refractivity contribution is -0.0466. The van der Waals surface area contributed by atoms with E-state index in [0.717, 1.165) is 195 Å². The van der Waals surface area contributed by atoms with Crippen LogP contribution in [-0.2, 0) is 30.4 Å². The number of ether oxygens (including phenoxy) is 1. The van der Waals surface area contributed by atoms with Gasteiger partial charge in [-0.3, -0.25) is 0 Å². The molecule has 10 aliphatic carbocycles. The second-order valence-electron chi connectivity index (χ2n) is 47.0. The molecule has 0 radical (unpaired) electrons. The molecule has 742 valence electrons. The van der Waals surface area contributed by atoms with Crippen molar-refractivity contribution in [2.45, 2.75) is 504 Å². The Hall–Kier alpha value is -2.64. The van der Waals surface area contributed by atoms with Gasteiger partial charge in [0.15, 0.2) is 0 Å². The summed E-state index contributed by atoms with van der Waals surface area (Å²) >= 11 is 0. The highest BCUT2D eigenvalue weighted by Gasteiger charge is 2.47. The Kier molecular flexibility index (Phi) is 60.6. The molecule has 1 nitrogen and oxygen atoms in total. The molecule has 14 rings (SSSR count). The van der Waals surface area contributed by atoms with E-state index in [4.69, 9.17) is 4.74 Å². The molecule has 9 fully saturated rings. The standard InChI is InChI=1S/C16H24.C14H22.C13H24.C12H22.C10H20.C10H14.C9H18.C8H16O.3C8H16.C8H18.C2H6/c1-5-11(2)16-10-12(3)13(4)14-8-6-7-9-15(14)16;1-5-11-9-13(7-3)14(8-4)10-12(11)6-2;1-6-9(2)13-7-10(3)12(5)11(4)8-13;1-7-8(2)12-6-5-11(7)9(3)10(12)4;2*1-7-5-9(3)10(4)6-8(7)2;1-6-5-7(2)9(4)8(6)3;1-5-6(2)8(4)9-7(5)3;1-5-6(2)8(4)7(5)3;2*1-7-5-3-4-6-8(7)2;1-5-7(3)8(4)6-2;1-2/h6-9,11-13,16H,5,10H2,1-4H3;9-10H,5-8H2,1-4H3;9-10,13H,6-8H2,1-5H3;7-12H,5-6H2,1-4H3;7-10H,5-6H2,1-4H3;5-6H,1-4H3;6-9H,5H2,1-4H3;5-8H,1-4H3;5-8H,1-4H3;2*7-8H,3-6H2,1-2H3;7-8H,5-6H2,1-4H3;1-2H3. The van der Waals surface area contributed by atoms with Gasteiger partial charge < -0.3 is 4.74 Å². The fraction of sp³-hybridized carbons (Fsp3) is 0.841. The van der Waals surface area contributed by atoms with Gasteiger partial charge in [0.1, 0.15) is 0 Å². The number of hydrogen-bond donors (Lipinski definition) is 0. The molecule has 1 aliphatic heterocycles. The number of hydrogen-bond acceptors (Lipinski definition) is 1. The lowest BCUT2D eigenvalue weighted by Crippen LogP contribution is -2.47. The first-order valence-electron chi connectivity index (χ1n) is 56.1. The third-order valence-electron chi connectivity index (χ3n) is 39.3. The summed E-state index contributed by atoms with van der Waals surface area (Å²) in [5.41, 5.74) is 18.3. The summed E-state index contributed by atoms with van der Waals surface area (Å²) in [7, 11) is 0. The molecular formula is C126H232O. The molecule has 29 unspecified atom stereocenters. The second-order valence-corrected chi connectivity index (χ2v) is 47.0. The molecule has 0 N–H and O–H groups in total. The van der Waals surface area contributed by atoms with Gasteiger partial charge in [-0.05, 0) is 383 Å². The zero-order chi connectivity index (χ0) is 97.5. The summed E-state index contributed by atoms with van der Waals surface area (Å²) in [5.74, 6) is 30.8. The van der Waals surface area contributed by atoms with Crippen LogP contribution in [0.25, 0.3) is 0 Å². The molecule has 3 aromatic rings. The van der Waals surface area contributed by atoms with Gasteiger partial charge in [0.25, 0.3) is 0 Å². The van der Waals surface area contributed by atoms with Crippen molar-refractivity contribution in [2.24, 2.45) is 183 Å². The highest BCUT2D eigenvalue weighted by molar-refractivity contribution is 5.40. The number of fused-ring (bicyclic) bond motifs is 4. The second kappa shape index (κ2) is 62.9. The maximum atomic E-state index is 5.59. The Balaban J connectivity index is 0.000000696. The minimum atomic E-state index is 0.468. The van der Waals surface area contributed by atoms with Crippen molar-refractivity contribution in [3.8, 4) is 0 Å². The van der Waals surface area contributed by atoms with Gasteiger partial charge >= 0.3 is 0 Å². The molecule has 8 saturated carbocycles. The SMILES string of the molecule is CC.CC1C(C)C(C)C1C.CC1C(C)C2CCC1C(C)C2C.CC1CC(C)C(C)C1C.CC1CC(C)C(C)CC1C.CC1CCCCC1C.CC1CCCCC1C.CC1OC(C)C(C)C1C.CCC(C)C(C)CC.CCC(C)C1CC(C)=C(C)C(C)C1.CCC(C)C1CC(C)C(C)c2ccccc21.CCc1cc(CC)c(CC)cc1CC.Cc1cc(C)c(C)cc1C. The average Bonchev–Trinajstić information content (AvgIpc) is 0.947. The predicted molar refractivity (Wildman–Crippen MR) is 579 cm³/mol. The topological polar surface area (TPSA) is 9.23 Å². The normalized spacial score (nSPS) is 35.6. The molecule has 1 saturated heterocycles. The van der Waals surface area contributed by atoms with E-state index in [-0.39, 0.29) is 0 Å². The van der Waals surface area contributed by atoms with Crippen LogP contribution < -0.4 is 0 Å². The zero-order valence-electron chi connectivity index (χ0n) is 95.2. The van der Waals surface area contributed by atoms with Crippen LogP contribution >= 0.6 is 0 Å². The first-order valence-corrected chi connectivity index (χ1v) is 56.1. The van der Waals surface area contributed by atoms with E-state index >= 15 is 0 Å². The van der Waals surface area contributed by atoms with Gasteiger partial charge in [-0.2, -0.15) is 0 Å². The van der Waals surface area contributed by atoms with Gasteiger partial charge in [0.2, 0.25) is 0 Å².